The standard InChI is InChI=1S/C21H28N4O/c1-17-7-8-19(16-18(17)2)20(23-26-3)9-11-24-12-14-25(15-13-24)21-6-4-5-10-22-21/h4-8,10,16H,9,11-15H2,1-3H3/b23-20-. The predicted molar refractivity (Wildman–Crippen MR) is 107 cm³/mol. The lowest BCUT2D eigenvalue weighted by atomic mass is 10.0. The van der Waals surface area contributed by atoms with Gasteiger partial charge in [0.1, 0.15) is 12.9 Å². The maximum absolute atomic E-state index is 5.10. The van der Waals surface area contributed by atoms with Gasteiger partial charge in [0, 0.05) is 45.3 Å². The molecular formula is C21H28N4O. The average Bonchev–Trinajstić information content (AvgIpc) is 2.68. The first-order chi connectivity index (χ1) is 12.7. The summed E-state index contributed by atoms with van der Waals surface area (Å²) in [6.07, 6.45) is 2.75. The van der Waals surface area contributed by atoms with E-state index in [4.69, 9.17) is 4.84 Å². The second-order valence-electron chi connectivity index (χ2n) is 6.79. The molecule has 5 nitrogen and oxygen atoms in total. The van der Waals surface area contributed by atoms with Crippen molar-refractivity contribution in [3.8, 4) is 0 Å². The lowest BCUT2D eigenvalue weighted by Gasteiger charge is -2.35. The number of pyridine rings is 1. The lowest BCUT2D eigenvalue weighted by molar-refractivity contribution is 0.211. The van der Waals surface area contributed by atoms with E-state index in [1.807, 2.05) is 18.3 Å². The Morgan fingerprint density at radius 3 is 2.54 bits per heavy atom. The van der Waals surface area contributed by atoms with Crippen molar-refractivity contribution in [3.05, 3.63) is 59.3 Å². The van der Waals surface area contributed by atoms with Crippen LogP contribution in [0.15, 0.2) is 47.8 Å². The number of anilines is 1. The highest BCUT2D eigenvalue weighted by molar-refractivity contribution is 6.00. The van der Waals surface area contributed by atoms with Crippen molar-refractivity contribution >= 4 is 11.5 Å². The van der Waals surface area contributed by atoms with Crippen molar-refractivity contribution in [3.63, 3.8) is 0 Å². The van der Waals surface area contributed by atoms with Crippen molar-refractivity contribution in [2.75, 3.05) is 44.7 Å². The topological polar surface area (TPSA) is 41.0 Å². The van der Waals surface area contributed by atoms with E-state index >= 15 is 0 Å². The zero-order valence-electron chi connectivity index (χ0n) is 16.0. The minimum Gasteiger partial charge on any atom is -0.399 e. The molecule has 0 unspecified atom stereocenters. The number of piperazine rings is 1. The number of hydrogen-bond acceptors (Lipinski definition) is 5. The third kappa shape index (κ3) is 4.61. The molecule has 1 aliphatic rings. The second-order valence-corrected chi connectivity index (χ2v) is 6.79. The number of aryl methyl sites for hydroxylation is 2. The first-order valence-electron chi connectivity index (χ1n) is 9.23. The van der Waals surface area contributed by atoms with Gasteiger partial charge >= 0.3 is 0 Å². The van der Waals surface area contributed by atoms with Crippen molar-refractivity contribution in [1.82, 2.24) is 9.88 Å². The van der Waals surface area contributed by atoms with Gasteiger partial charge in [-0.2, -0.15) is 0 Å². The van der Waals surface area contributed by atoms with Gasteiger partial charge in [-0.15, -0.1) is 0 Å². The monoisotopic (exact) mass is 352 g/mol. The molecule has 2 heterocycles. The number of benzene rings is 1. The van der Waals surface area contributed by atoms with Crippen LogP contribution in [0.25, 0.3) is 0 Å². The normalized spacial score (nSPS) is 16.0. The van der Waals surface area contributed by atoms with Crippen molar-refractivity contribution in [2.24, 2.45) is 5.16 Å². The van der Waals surface area contributed by atoms with E-state index in [1.165, 1.54) is 11.1 Å². The van der Waals surface area contributed by atoms with E-state index in [-0.39, 0.29) is 0 Å². The van der Waals surface area contributed by atoms with Crippen LogP contribution in [0.5, 0.6) is 0 Å². The maximum atomic E-state index is 5.10. The number of nitrogens with zero attached hydrogens (tertiary/aromatic N) is 4. The highest BCUT2D eigenvalue weighted by atomic mass is 16.6. The molecule has 1 saturated heterocycles. The Morgan fingerprint density at radius 2 is 1.88 bits per heavy atom. The lowest BCUT2D eigenvalue weighted by Crippen LogP contribution is -2.47. The third-order valence-corrected chi connectivity index (χ3v) is 5.05. The molecule has 0 N–H and O–H groups in total. The molecule has 0 atom stereocenters. The van der Waals surface area contributed by atoms with Gasteiger partial charge in [-0.05, 0) is 48.7 Å². The molecule has 5 heteroatoms. The quantitative estimate of drug-likeness (QED) is 0.591. The summed E-state index contributed by atoms with van der Waals surface area (Å²) in [5.74, 6) is 1.07. The molecule has 1 aromatic carbocycles. The third-order valence-electron chi connectivity index (χ3n) is 5.05. The van der Waals surface area contributed by atoms with Crippen LogP contribution in [0.2, 0.25) is 0 Å². The molecule has 0 bridgehead atoms. The Bertz CT molecular complexity index is 737. The Labute approximate surface area is 156 Å². The molecule has 138 valence electrons. The summed E-state index contributed by atoms with van der Waals surface area (Å²) in [5, 5.41) is 4.28. The van der Waals surface area contributed by atoms with Crippen molar-refractivity contribution in [1.29, 1.82) is 0 Å². The summed E-state index contributed by atoms with van der Waals surface area (Å²) in [5.41, 5.74) is 4.76. The number of rotatable bonds is 6. The number of aromatic nitrogens is 1. The van der Waals surface area contributed by atoms with E-state index in [9.17, 15) is 0 Å². The zero-order chi connectivity index (χ0) is 18.4. The molecule has 1 aromatic heterocycles. The first-order valence-corrected chi connectivity index (χ1v) is 9.23. The molecule has 0 radical (unpaired) electrons. The van der Waals surface area contributed by atoms with Gasteiger partial charge in [-0.3, -0.25) is 4.90 Å². The molecule has 0 amide bonds. The van der Waals surface area contributed by atoms with Gasteiger partial charge < -0.3 is 9.74 Å². The fraction of sp³-hybridized carbons (Fsp3) is 0.429. The van der Waals surface area contributed by atoms with Gasteiger partial charge in [0.05, 0.1) is 5.71 Å². The van der Waals surface area contributed by atoms with Crippen LogP contribution in [-0.4, -0.2) is 55.4 Å². The highest BCUT2D eigenvalue weighted by Gasteiger charge is 2.18. The summed E-state index contributed by atoms with van der Waals surface area (Å²) in [6.45, 7) is 9.38. The Balaban J connectivity index is 1.55. The zero-order valence-corrected chi connectivity index (χ0v) is 16.0. The molecule has 2 aromatic rings. The van der Waals surface area contributed by atoms with E-state index in [0.29, 0.717) is 0 Å². The van der Waals surface area contributed by atoms with Gasteiger partial charge in [0.2, 0.25) is 0 Å². The SMILES string of the molecule is CO/N=C(/CCN1CCN(c2ccccn2)CC1)c1ccc(C)c(C)c1. The van der Waals surface area contributed by atoms with Crippen molar-refractivity contribution in [2.45, 2.75) is 20.3 Å². The maximum Gasteiger partial charge on any atom is 0.128 e. The van der Waals surface area contributed by atoms with E-state index < -0.39 is 0 Å². The van der Waals surface area contributed by atoms with Crippen LogP contribution in [0, 0.1) is 13.8 Å². The number of oxime groups is 1. The molecule has 0 aliphatic carbocycles. The Morgan fingerprint density at radius 1 is 1.08 bits per heavy atom. The second kappa shape index (κ2) is 8.81. The Hall–Kier alpha value is -2.40. The predicted octanol–water partition coefficient (Wildman–Crippen LogP) is 3.26. The average molecular weight is 352 g/mol. The molecule has 1 aliphatic heterocycles. The van der Waals surface area contributed by atoms with Gasteiger partial charge in [0.25, 0.3) is 0 Å². The van der Waals surface area contributed by atoms with Crippen LogP contribution in [-0.2, 0) is 4.84 Å². The summed E-state index contributed by atoms with van der Waals surface area (Å²) in [7, 11) is 1.62. The van der Waals surface area contributed by atoms with Gasteiger partial charge in [-0.25, -0.2) is 4.98 Å². The van der Waals surface area contributed by atoms with E-state index in [1.54, 1.807) is 7.11 Å². The van der Waals surface area contributed by atoms with Crippen LogP contribution in [0.3, 0.4) is 0 Å². The molecule has 26 heavy (non-hydrogen) atoms. The fourth-order valence-electron chi connectivity index (χ4n) is 3.28. The number of hydrogen-bond donors (Lipinski definition) is 0. The summed E-state index contributed by atoms with van der Waals surface area (Å²) >= 11 is 0. The van der Waals surface area contributed by atoms with Crippen LogP contribution in [0.1, 0.15) is 23.1 Å². The van der Waals surface area contributed by atoms with Crippen LogP contribution in [0.4, 0.5) is 5.82 Å². The van der Waals surface area contributed by atoms with Gasteiger partial charge in [-0.1, -0.05) is 23.4 Å². The molecule has 1 fully saturated rings. The Kier molecular flexibility index (Phi) is 6.23. The van der Waals surface area contributed by atoms with E-state index in [2.05, 4.69) is 58.1 Å². The molecular weight excluding hydrogens is 324 g/mol. The van der Waals surface area contributed by atoms with Crippen LogP contribution < -0.4 is 4.90 Å². The van der Waals surface area contributed by atoms with Crippen LogP contribution >= 0.6 is 0 Å². The van der Waals surface area contributed by atoms with Gasteiger partial charge in [0.15, 0.2) is 0 Å². The fourth-order valence-corrected chi connectivity index (χ4v) is 3.28. The summed E-state index contributed by atoms with van der Waals surface area (Å²) in [6, 6.07) is 12.6. The molecule has 0 saturated carbocycles. The molecule has 3 rings (SSSR count). The summed E-state index contributed by atoms with van der Waals surface area (Å²) in [4.78, 5) is 14.4. The van der Waals surface area contributed by atoms with E-state index in [0.717, 1.165) is 56.2 Å². The van der Waals surface area contributed by atoms with Crippen molar-refractivity contribution < 1.29 is 4.84 Å². The molecule has 0 spiro atoms. The highest BCUT2D eigenvalue weighted by Crippen LogP contribution is 2.15. The minimum absolute atomic E-state index is 0.889. The largest absolute Gasteiger partial charge is 0.399 e. The first kappa shape index (κ1) is 18.4. The minimum atomic E-state index is 0.889. The summed E-state index contributed by atoms with van der Waals surface area (Å²) < 4.78 is 0. The smallest absolute Gasteiger partial charge is 0.128 e.